The van der Waals surface area contributed by atoms with Crippen molar-refractivity contribution in [2.75, 3.05) is 37.7 Å². The summed E-state index contributed by atoms with van der Waals surface area (Å²) in [6.45, 7) is 6.61. The van der Waals surface area contributed by atoms with Crippen LogP contribution in [0.1, 0.15) is 36.7 Å². The molecule has 0 aliphatic heterocycles. The summed E-state index contributed by atoms with van der Waals surface area (Å²) < 4.78 is 9.94. The molecule has 1 N–H and O–H groups in total. The number of benzene rings is 1. The minimum Gasteiger partial charge on any atom is -0.465 e. The van der Waals surface area contributed by atoms with Gasteiger partial charge in [0.25, 0.3) is 5.91 Å². The summed E-state index contributed by atoms with van der Waals surface area (Å²) in [7, 11) is 0. The van der Waals surface area contributed by atoms with Gasteiger partial charge < -0.3 is 19.7 Å². The third-order valence-corrected chi connectivity index (χ3v) is 3.56. The number of Topliss-reactive ketones (excluding diaryl/α,β-unsaturated/α-hetero) is 1. The number of esters is 2. The predicted molar refractivity (Wildman–Crippen MR) is 99.7 cm³/mol. The topological polar surface area (TPSA) is 102 Å². The summed E-state index contributed by atoms with van der Waals surface area (Å²) in [4.78, 5) is 48.7. The quantitative estimate of drug-likeness (QED) is 0.611. The number of hydrogen-bond acceptors (Lipinski definition) is 7. The maximum atomic E-state index is 12.2. The van der Waals surface area contributed by atoms with Gasteiger partial charge in [-0.3, -0.25) is 19.2 Å². The number of ether oxygens (including phenoxy) is 2. The van der Waals surface area contributed by atoms with E-state index in [-0.39, 0.29) is 38.6 Å². The number of aryl methyl sites for hydroxylation is 1. The van der Waals surface area contributed by atoms with Gasteiger partial charge in [-0.2, -0.15) is 0 Å². The van der Waals surface area contributed by atoms with Gasteiger partial charge >= 0.3 is 11.9 Å². The molecule has 0 saturated carbocycles. The lowest BCUT2D eigenvalue weighted by molar-refractivity contribution is -0.142. The molecule has 8 nitrogen and oxygen atoms in total. The lowest BCUT2D eigenvalue weighted by Crippen LogP contribution is -2.37. The molecule has 1 aromatic carbocycles. The Bertz CT molecular complexity index is 681. The van der Waals surface area contributed by atoms with Crippen molar-refractivity contribution in [1.82, 2.24) is 5.32 Å². The van der Waals surface area contributed by atoms with Crippen LogP contribution in [0.15, 0.2) is 18.2 Å². The van der Waals surface area contributed by atoms with Crippen LogP contribution in [0, 0.1) is 6.92 Å². The minimum atomic E-state index is -0.493. The average molecular weight is 378 g/mol. The zero-order valence-electron chi connectivity index (χ0n) is 16.2. The fourth-order valence-corrected chi connectivity index (χ4v) is 2.35. The molecule has 0 unspecified atom stereocenters. The van der Waals surface area contributed by atoms with Crippen molar-refractivity contribution in [3.8, 4) is 0 Å². The fourth-order valence-electron chi connectivity index (χ4n) is 2.35. The van der Waals surface area contributed by atoms with Gasteiger partial charge in [0, 0.05) is 11.3 Å². The van der Waals surface area contributed by atoms with E-state index in [0.29, 0.717) is 11.3 Å². The first kappa shape index (κ1) is 22.1. The van der Waals surface area contributed by atoms with Crippen LogP contribution in [0.2, 0.25) is 0 Å². The first-order chi connectivity index (χ1) is 12.8. The molecule has 0 heterocycles. The van der Waals surface area contributed by atoms with Crippen molar-refractivity contribution < 1.29 is 28.7 Å². The van der Waals surface area contributed by atoms with Crippen molar-refractivity contribution in [1.29, 1.82) is 0 Å². The molecule has 0 saturated heterocycles. The number of hydrogen-bond donors (Lipinski definition) is 1. The summed E-state index contributed by atoms with van der Waals surface area (Å²) >= 11 is 0. The molecule has 8 heteroatoms. The van der Waals surface area contributed by atoms with E-state index in [1.807, 2.05) is 0 Å². The van der Waals surface area contributed by atoms with Gasteiger partial charge in [-0.15, -0.1) is 0 Å². The van der Waals surface area contributed by atoms with Crippen molar-refractivity contribution in [3.05, 3.63) is 29.3 Å². The number of ketones is 1. The number of nitrogens with one attached hydrogen (secondary N) is 1. The predicted octanol–water partition coefficient (Wildman–Crippen LogP) is 1.25. The van der Waals surface area contributed by atoms with E-state index in [9.17, 15) is 19.2 Å². The second-order valence-corrected chi connectivity index (χ2v) is 5.85. The van der Waals surface area contributed by atoms with Crippen LogP contribution in [-0.2, 0) is 23.9 Å². The Morgan fingerprint density at radius 1 is 1.00 bits per heavy atom. The number of carbonyl (C=O) groups excluding carboxylic acids is 4. The van der Waals surface area contributed by atoms with Gasteiger partial charge in [-0.25, -0.2) is 0 Å². The molecule has 148 valence electrons. The van der Waals surface area contributed by atoms with Gasteiger partial charge in [0.1, 0.15) is 18.9 Å². The molecular formula is C19H26N2O6. The highest BCUT2D eigenvalue weighted by Crippen LogP contribution is 2.22. The number of amides is 1. The van der Waals surface area contributed by atoms with Gasteiger partial charge in [-0.1, -0.05) is 6.07 Å². The maximum absolute atomic E-state index is 12.2. The molecule has 0 atom stereocenters. The molecule has 0 fully saturated rings. The lowest BCUT2D eigenvalue weighted by Gasteiger charge is -2.25. The molecule has 27 heavy (non-hydrogen) atoms. The first-order valence-electron chi connectivity index (χ1n) is 8.72. The van der Waals surface area contributed by atoms with Gasteiger partial charge in [-0.05, 0) is 45.4 Å². The monoisotopic (exact) mass is 378 g/mol. The Balaban J connectivity index is 3.12. The average Bonchev–Trinajstić information content (AvgIpc) is 2.60. The molecule has 0 aromatic heterocycles. The third kappa shape index (κ3) is 7.47. The van der Waals surface area contributed by atoms with E-state index >= 15 is 0 Å². The van der Waals surface area contributed by atoms with Gasteiger partial charge in [0.05, 0.1) is 19.8 Å². The highest BCUT2D eigenvalue weighted by atomic mass is 16.5. The van der Waals surface area contributed by atoms with E-state index < -0.39 is 17.8 Å². The smallest absolute Gasteiger partial charge is 0.325 e. The van der Waals surface area contributed by atoms with Crippen LogP contribution >= 0.6 is 0 Å². The second-order valence-electron chi connectivity index (χ2n) is 5.85. The normalized spacial score (nSPS) is 10.1. The highest BCUT2D eigenvalue weighted by molar-refractivity contribution is 5.97. The van der Waals surface area contributed by atoms with Crippen molar-refractivity contribution in [2.24, 2.45) is 0 Å². The second kappa shape index (κ2) is 10.9. The molecule has 0 aliphatic rings. The SMILES string of the molecule is CCOC(=O)CN(CC(=O)OCC)c1cc(C(=O)NCC(C)=O)ccc1C. The summed E-state index contributed by atoms with van der Waals surface area (Å²) in [6.07, 6.45) is 0. The first-order valence-corrected chi connectivity index (χ1v) is 8.72. The Morgan fingerprint density at radius 3 is 2.04 bits per heavy atom. The number of rotatable bonds is 10. The summed E-state index contributed by atoms with van der Waals surface area (Å²) in [5.41, 5.74) is 1.62. The zero-order chi connectivity index (χ0) is 20.4. The van der Waals surface area contributed by atoms with Crippen molar-refractivity contribution in [3.63, 3.8) is 0 Å². The maximum Gasteiger partial charge on any atom is 0.325 e. The summed E-state index contributed by atoms with van der Waals surface area (Å²) in [5, 5.41) is 2.52. The fraction of sp³-hybridized carbons (Fsp3) is 0.474. The highest BCUT2D eigenvalue weighted by Gasteiger charge is 2.20. The zero-order valence-corrected chi connectivity index (χ0v) is 16.2. The summed E-state index contributed by atoms with van der Waals surface area (Å²) in [6, 6.07) is 4.89. The van der Waals surface area contributed by atoms with Gasteiger partial charge in [0.2, 0.25) is 0 Å². The van der Waals surface area contributed by atoms with E-state index in [4.69, 9.17) is 9.47 Å². The van der Waals surface area contributed by atoms with Crippen LogP contribution in [0.4, 0.5) is 5.69 Å². The number of carbonyl (C=O) groups is 4. The molecular weight excluding hydrogens is 352 g/mol. The van der Waals surface area contributed by atoms with E-state index in [0.717, 1.165) is 5.56 Å². The Labute approximate surface area is 158 Å². The Morgan fingerprint density at radius 2 is 1.56 bits per heavy atom. The molecule has 1 rings (SSSR count). The van der Waals surface area contributed by atoms with Crippen LogP contribution in [0.5, 0.6) is 0 Å². The molecule has 0 aliphatic carbocycles. The molecule has 0 radical (unpaired) electrons. The van der Waals surface area contributed by atoms with E-state index in [1.165, 1.54) is 11.8 Å². The van der Waals surface area contributed by atoms with E-state index in [2.05, 4.69) is 5.32 Å². The Hall–Kier alpha value is -2.90. The van der Waals surface area contributed by atoms with Gasteiger partial charge in [0.15, 0.2) is 0 Å². The molecule has 0 bridgehead atoms. The van der Waals surface area contributed by atoms with Crippen LogP contribution in [-0.4, -0.2) is 56.5 Å². The standard InChI is InChI=1S/C19H26N2O6/c1-5-26-17(23)11-21(12-18(24)27-6-2)16-9-15(8-7-13(16)3)19(25)20-10-14(4)22/h7-9H,5-6,10-12H2,1-4H3,(H,20,25). The molecule has 1 amide bonds. The van der Waals surface area contributed by atoms with Crippen LogP contribution < -0.4 is 10.2 Å². The lowest BCUT2D eigenvalue weighted by atomic mass is 10.1. The third-order valence-electron chi connectivity index (χ3n) is 3.56. The van der Waals surface area contributed by atoms with E-state index in [1.54, 1.807) is 39.0 Å². The number of anilines is 1. The van der Waals surface area contributed by atoms with Crippen LogP contribution in [0.25, 0.3) is 0 Å². The minimum absolute atomic E-state index is 0.0720. The summed E-state index contributed by atoms with van der Waals surface area (Å²) in [5.74, 6) is -1.57. The largest absolute Gasteiger partial charge is 0.465 e. The van der Waals surface area contributed by atoms with Crippen molar-refractivity contribution in [2.45, 2.75) is 27.7 Å². The Kier molecular flexibility index (Phi) is 8.98. The number of nitrogens with zero attached hydrogens (tertiary/aromatic N) is 1. The van der Waals surface area contributed by atoms with Crippen molar-refractivity contribution >= 4 is 29.3 Å². The molecule has 0 spiro atoms. The molecule has 1 aromatic rings. The van der Waals surface area contributed by atoms with Crippen LogP contribution in [0.3, 0.4) is 0 Å².